The summed E-state index contributed by atoms with van der Waals surface area (Å²) in [7, 11) is 0. The molecule has 13 nitrogen and oxygen atoms in total. The van der Waals surface area contributed by atoms with Gasteiger partial charge >= 0.3 is 12.1 Å². The molecule has 0 spiro atoms. The minimum absolute atomic E-state index is 0.00252. The monoisotopic (exact) mass is 575 g/mol. The fourth-order valence-corrected chi connectivity index (χ4v) is 4.52. The van der Waals surface area contributed by atoms with Crippen LogP contribution < -0.4 is 5.32 Å². The molecule has 2 amide bonds. The number of carbonyl (C=O) groups is 4. The van der Waals surface area contributed by atoms with Gasteiger partial charge in [0.05, 0.1) is 25.8 Å². The zero-order valence-corrected chi connectivity index (χ0v) is 23.1. The first kappa shape index (κ1) is 30.8. The number of benzene rings is 1. The minimum atomic E-state index is -1.12. The highest BCUT2D eigenvalue weighted by molar-refractivity contribution is 7.99. The van der Waals surface area contributed by atoms with Crippen LogP contribution in [0.1, 0.15) is 37.2 Å². The number of hydrogen-bond donors (Lipinski definition) is 3. The van der Waals surface area contributed by atoms with Crippen LogP contribution in [0.3, 0.4) is 0 Å². The van der Waals surface area contributed by atoms with Crippen molar-refractivity contribution >= 4 is 35.7 Å². The van der Waals surface area contributed by atoms with Gasteiger partial charge in [-0.05, 0) is 20.3 Å². The van der Waals surface area contributed by atoms with E-state index in [-0.39, 0.29) is 51.3 Å². The number of nitrogens with zero attached hydrogens (tertiary/aromatic N) is 4. The van der Waals surface area contributed by atoms with Gasteiger partial charge in [0.15, 0.2) is 5.82 Å². The van der Waals surface area contributed by atoms with Gasteiger partial charge < -0.3 is 30.0 Å². The van der Waals surface area contributed by atoms with E-state index in [1.54, 1.807) is 26.0 Å². The molecular formula is C26H33N5O8S. The van der Waals surface area contributed by atoms with E-state index in [4.69, 9.17) is 9.57 Å². The van der Waals surface area contributed by atoms with Crippen LogP contribution in [0.2, 0.25) is 0 Å². The van der Waals surface area contributed by atoms with Gasteiger partial charge in [0.25, 0.3) is 5.91 Å². The highest BCUT2D eigenvalue weighted by atomic mass is 32.2. The largest absolute Gasteiger partial charge is 0.527 e. The number of aliphatic hydroxyl groups excluding tert-OH is 1. The van der Waals surface area contributed by atoms with Crippen molar-refractivity contribution in [2.75, 3.05) is 38.5 Å². The van der Waals surface area contributed by atoms with E-state index in [0.29, 0.717) is 22.2 Å². The first-order chi connectivity index (χ1) is 19.2. The second-order valence-electron chi connectivity index (χ2n) is 8.93. The molecule has 2 atom stereocenters. The minimum Gasteiger partial charge on any atom is -0.481 e. The lowest BCUT2D eigenvalue weighted by atomic mass is 10.1. The van der Waals surface area contributed by atoms with Crippen molar-refractivity contribution in [1.82, 2.24) is 25.2 Å². The Kier molecular flexibility index (Phi) is 11.7. The van der Waals surface area contributed by atoms with Crippen LogP contribution in [0.5, 0.6) is 0 Å². The number of carboxylic acid groups (broad SMARTS) is 1. The van der Waals surface area contributed by atoms with E-state index in [0.717, 1.165) is 0 Å². The lowest BCUT2D eigenvalue weighted by molar-refractivity contribution is -0.157. The second kappa shape index (κ2) is 15.1. The number of aliphatic carboxylic acids is 1. The molecule has 1 aromatic heterocycles. The molecule has 3 rings (SSSR count). The van der Waals surface area contributed by atoms with Crippen molar-refractivity contribution in [3.05, 3.63) is 42.1 Å². The Hall–Kier alpha value is -3.75. The molecule has 1 aromatic carbocycles. The Labute approximate surface area is 235 Å². The summed E-state index contributed by atoms with van der Waals surface area (Å²) in [4.78, 5) is 65.0. The lowest BCUT2D eigenvalue weighted by Crippen LogP contribution is -2.55. The smallest absolute Gasteiger partial charge is 0.481 e. The molecular weight excluding hydrogens is 542 g/mol. The van der Waals surface area contributed by atoms with Gasteiger partial charge in [-0.3, -0.25) is 14.4 Å². The number of carboxylic acids is 1. The van der Waals surface area contributed by atoms with Crippen LogP contribution in [0.4, 0.5) is 4.79 Å². The van der Waals surface area contributed by atoms with Gasteiger partial charge in [0, 0.05) is 36.9 Å². The molecule has 40 heavy (non-hydrogen) atoms. The maximum Gasteiger partial charge on any atom is 0.527 e. The zero-order chi connectivity index (χ0) is 29.1. The Balaban J connectivity index is 1.76. The predicted molar refractivity (Wildman–Crippen MR) is 144 cm³/mol. The molecule has 14 heteroatoms. The van der Waals surface area contributed by atoms with Crippen molar-refractivity contribution in [2.45, 2.75) is 43.9 Å². The molecule has 1 fully saturated rings. The maximum atomic E-state index is 13.3. The summed E-state index contributed by atoms with van der Waals surface area (Å²) < 4.78 is 4.76. The Morgan fingerprint density at radius 3 is 2.42 bits per heavy atom. The van der Waals surface area contributed by atoms with Gasteiger partial charge in [-0.25, -0.2) is 14.8 Å². The first-order valence-electron chi connectivity index (χ1n) is 12.8. The highest BCUT2D eigenvalue weighted by Crippen LogP contribution is 2.22. The molecule has 1 aliphatic heterocycles. The predicted octanol–water partition coefficient (Wildman–Crippen LogP) is 1.81. The number of hydrogen-bond acceptors (Lipinski definition) is 11. The zero-order valence-electron chi connectivity index (χ0n) is 22.3. The Morgan fingerprint density at radius 1 is 1.10 bits per heavy atom. The summed E-state index contributed by atoms with van der Waals surface area (Å²) >= 11 is 1.25. The molecule has 3 N–H and O–H groups in total. The highest BCUT2D eigenvalue weighted by Gasteiger charge is 2.31. The number of piperazine rings is 1. The third kappa shape index (κ3) is 9.47. The van der Waals surface area contributed by atoms with E-state index in [1.165, 1.54) is 27.8 Å². The number of carbonyl (C=O) groups excluding carboxylic acids is 3. The van der Waals surface area contributed by atoms with Gasteiger partial charge in [-0.15, -0.1) is 16.8 Å². The first-order valence-corrected chi connectivity index (χ1v) is 13.8. The normalized spacial score (nSPS) is 15.1. The summed E-state index contributed by atoms with van der Waals surface area (Å²) in [5, 5.41) is 23.4. The summed E-state index contributed by atoms with van der Waals surface area (Å²) in [5.74, 6) is -1.58. The number of hydroxylamine groups is 2. The molecule has 2 aromatic rings. The van der Waals surface area contributed by atoms with Crippen LogP contribution in [-0.4, -0.2) is 105 Å². The van der Waals surface area contributed by atoms with E-state index >= 15 is 0 Å². The summed E-state index contributed by atoms with van der Waals surface area (Å²) in [6.07, 6.45) is -1.89. The molecule has 1 aliphatic rings. The summed E-state index contributed by atoms with van der Waals surface area (Å²) in [5.41, 5.74) is 0.681. The molecule has 1 saturated heterocycles. The quantitative estimate of drug-likeness (QED) is 0.191. The van der Waals surface area contributed by atoms with Crippen LogP contribution in [0, 0.1) is 0 Å². The van der Waals surface area contributed by atoms with Gasteiger partial charge in [0.2, 0.25) is 5.91 Å². The fourth-order valence-electron chi connectivity index (χ4n) is 3.76. The van der Waals surface area contributed by atoms with Crippen molar-refractivity contribution < 1.29 is 39.0 Å². The number of aromatic nitrogens is 2. The number of aliphatic hydroxyl groups is 1. The average Bonchev–Trinajstić information content (AvgIpc) is 2.94. The summed E-state index contributed by atoms with van der Waals surface area (Å²) in [6.45, 7) is 4.31. The Morgan fingerprint density at radius 2 is 1.80 bits per heavy atom. The van der Waals surface area contributed by atoms with Crippen LogP contribution in [0.15, 0.2) is 41.4 Å². The summed E-state index contributed by atoms with van der Waals surface area (Å²) in [6, 6.07) is 9.40. The van der Waals surface area contributed by atoms with Gasteiger partial charge in [-0.1, -0.05) is 30.3 Å². The van der Waals surface area contributed by atoms with Crippen molar-refractivity contribution in [3.63, 3.8) is 0 Å². The molecule has 1 unspecified atom stereocenters. The van der Waals surface area contributed by atoms with Gasteiger partial charge in [-0.2, -0.15) is 0 Å². The number of nitrogens with one attached hydrogen (secondary N) is 1. The van der Waals surface area contributed by atoms with Crippen LogP contribution in [0.25, 0.3) is 11.4 Å². The molecule has 0 bridgehead atoms. The number of amides is 2. The van der Waals surface area contributed by atoms with Crippen molar-refractivity contribution in [1.29, 1.82) is 0 Å². The van der Waals surface area contributed by atoms with E-state index in [9.17, 15) is 29.4 Å². The standard InChI is InChI=1S/C26H33N5O8S/c1-3-38-26(37)39-31-13-11-30(12-14-31)25(36)19(9-10-22(33)34)28-24(35)20-15-21(40-16-17(2)32)29-23(27-20)18-7-5-4-6-8-18/h4-8,15,17,19,32H,3,9-14,16H2,1-2H3,(H,28,35)(H,33,34)/t17-,19?/m0/s1. The number of thioether (sulfide) groups is 1. The average molecular weight is 576 g/mol. The topological polar surface area (TPSA) is 171 Å². The lowest BCUT2D eigenvalue weighted by Gasteiger charge is -2.35. The number of ether oxygens (including phenoxy) is 1. The van der Waals surface area contributed by atoms with E-state index in [1.807, 2.05) is 18.2 Å². The van der Waals surface area contributed by atoms with Crippen molar-refractivity contribution in [2.24, 2.45) is 0 Å². The van der Waals surface area contributed by atoms with E-state index < -0.39 is 36.1 Å². The molecule has 2 heterocycles. The molecule has 0 aliphatic carbocycles. The molecule has 216 valence electrons. The van der Waals surface area contributed by atoms with Crippen LogP contribution >= 0.6 is 11.8 Å². The van der Waals surface area contributed by atoms with Gasteiger partial charge in [0.1, 0.15) is 16.8 Å². The fraction of sp³-hybridized carbons (Fsp3) is 0.462. The third-order valence-electron chi connectivity index (χ3n) is 5.71. The molecule has 0 radical (unpaired) electrons. The molecule has 0 saturated carbocycles. The van der Waals surface area contributed by atoms with E-state index in [2.05, 4.69) is 15.3 Å². The maximum absolute atomic E-state index is 13.3. The van der Waals surface area contributed by atoms with Crippen molar-refractivity contribution in [3.8, 4) is 11.4 Å². The second-order valence-corrected chi connectivity index (χ2v) is 9.97. The van der Waals surface area contributed by atoms with Crippen LogP contribution in [-0.2, 0) is 19.2 Å². The Bertz CT molecular complexity index is 1170. The third-order valence-corrected chi connectivity index (χ3v) is 6.86. The number of rotatable bonds is 12. The SMILES string of the molecule is CCOC(=O)ON1CCN(C(=O)C(CCC(=O)O)NC(=O)c2cc(SC[C@H](C)O)nc(-c3ccccc3)n2)CC1.